The lowest BCUT2D eigenvalue weighted by atomic mass is 9.92. The number of hydrogen-bond acceptors (Lipinski definition) is 3. The van der Waals surface area contributed by atoms with Gasteiger partial charge in [-0.3, -0.25) is 9.48 Å². The zero-order valence-corrected chi connectivity index (χ0v) is 11.1. The Morgan fingerprint density at radius 3 is 3.22 bits per heavy atom. The first-order valence-electron chi connectivity index (χ1n) is 6.62. The van der Waals surface area contributed by atoms with Crippen molar-refractivity contribution in [2.24, 2.45) is 18.7 Å². The summed E-state index contributed by atoms with van der Waals surface area (Å²) in [5.74, 6) is 0.330. The third-order valence-electron chi connectivity index (χ3n) is 3.65. The summed E-state index contributed by atoms with van der Waals surface area (Å²) in [4.78, 5) is 11.9. The summed E-state index contributed by atoms with van der Waals surface area (Å²) in [5, 5.41) is 7.38. The minimum absolute atomic E-state index is 0.0923. The third-order valence-corrected chi connectivity index (χ3v) is 3.65. The lowest BCUT2D eigenvalue weighted by molar-refractivity contribution is -0.122. The van der Waals surface area contributed by atoms with E-state index in [1.54, 1.807) is 0 Å². The Hall–Kier alpha value is -1.36. The van der Waals surface area contributed by atoms with Gasteiger partial charge in [-0.1, -0.05) is 6.92 Å². The maximum atomic E-state index is 11.9. The Morgan fingerprint density at radius 2 is 2.50 bits per heavy atom. The monoisotopic (exact) mass is 250 g/mol. The van der Waals surface area contributed by atoms with E-state index in [2.05, 4.69) is 10.4 Å². The van der Waals surface area contributed by atoms with E-state index in [1.165, 1.54) is 11.3 Å². The van der Waals surface area contributed by atoms with Crippen LogP contribution in [0, 0.1) is 5.92 Å². The summed E-state index contributed by atoms with van der Waals surface area (Å²) in [6, 6.07) is 0.125. The fourth-order valence-corrected chi connectivity index (χ4v) is 2.51. The molecule has 1 amide bonds. The van der Waals surface area contributed by atoms with Crippen LogP contribution >= 0.6 is 0 Å². The first kappa shape index (κ1) is 13.1. The van der Waals surface area contributed by atoms with Gasteiger partial charge in [0.1, 0.15) is 0 Å². The highest BCUT2D eigenvalue weighted by Crippen LogP contribution is 2.29. The van der Waals surface area contributed by atoms with E-state index in [9.17, 15) is 4.79 Å². The van der Waals surface area contributed by atoms with Crippen LogP contribution in [0.4, 0.5) is 0 Å². The van der Waals surface area contributed by atoms with Gasteiger partial charge in [-0.15, -0.1) is 0 Å². The van der Waals surface area contributed by atoms with E-state index in [0.717, 1.165) is 19.3 Å². The quantitative estimate of drug-likeness (QED) is 0.834. The lowest BCUT2D eigenvalue weighted by Gasteiger charge is -2.24. The summed E-state index contributed by atoms with van der Waals surface area (Å²) in [6.45, 7) is 2.55. The largest absolute Gasteiger partial charge is 0.349 e. The fraction of sp³-hybridized carbons (Fsp3) is 0.692. The third kappa shape index (κ3) is 2.72. The standard InChI is InChI=1S/C13H22N4O/c1-9(7-14)6-13(18)16-11-4-3-5-12-10(11)8-15-17(12)2/h8-9,11H,3-7,14H2,1-2H3,(H,16,18). The maximum absolute atomic E-state index is 11.9. The highest BCUT2D eigenvalue weighted by atomic mass is 16.1. The molecule has 18 heavy (non-hydrogen) atoms. The zero-order valence-electron chi connectivity index (χ0n) is 11.1. The lowest BCUT2D eigenvalue weighted by Crippen LogP contribution is -2.32. The van der Waals surface area contributed by atoms with Crippen molar-refractivity contribution >= 4 is 5.91 Å². The molecule has 5 heteroatoms. The molecule has 2 atom stereocenters. The van der Waals surface area contributed by atoms with Gasteiger partial charge in [-0.25, -0.2) is 0 Å². The Morgan fingerprint density at radius 1 is 1.72 bits per heavy atom. The van der Waals surface area contributed by atoms with E-state index in [4.69, 9.17) is 5.73 Å². The summed E-state index contributed by atoms with van der Waals surface area (Å²) < 4.78 is 1.91. The summed E-state index contributed by atoms with van der Waals surface area (Å²) in [7, 11) is 1.96. The number of rotatable bonds is 4. The molecule has 0 aromatic carbocycles. The molecule has 0 spiro atoms. The van der Waals surface area contributed by atoms with Crippen molar-refractivity contribution in [3.05, 3.63) is 17.5 Å². The van der Waals surface area contributed by atoms with Gasteiger partial charge < -0.3 is 11.1 Å². The molecule has 3 N–H and O–H groups in total. The van der Waals surface area contributed by atoms with Gasteiger partial charge in [-0.2, -0.15) is 5.10 Å². The molecule has 1 heterocycles. The molecule has 0 aliphatic heterocycles. The molecule has 0 saturated carbocycles. The molecule has 2 rings (SSSR count). The molecular weight excluding hydrogens is 228 g/mol. The first-order chi connectivity index (χ1) is 8.61. The summed E-state index contributed by atoms with van der Waals surface area (Å²) in [5.41, 5.74) is 7.97. The Bertz CT molecular complexity index is 427. The number of amides is 1. The molecule has 0 radical (unpaired) electrons. The normalized spacial score (nSPS) is 20.3. The second kappa shape index (κ2) is 5.52. The molecule has 100 valence electrons. The molecule has 1 aromatic rings. The van der Waals surface area contributed by atoms with Crippen molar-refractivity contribution in [3.63, 3.8) is 0 Å². The van der Waals surface area contributed by atoms with Crippen molar-refractivity contribution in [2.45, 2.75) is 38.6 Å². The van der Waals surface area contributed by atoms with E-state index >= 15 is 0 Å². The van der Waals surface area contributed by atoms with Crippen LogP contribution in [0.5, 0.6) is 0 Å². The van der Waals surface area contributed by atoms with Gasteiger partial charge in [0.05, 0.1) is 12.2 Å². The first-order valence-corrected chi connectivity index (χ1v) is 6.62. The smallest absolute Gasteiger partial charge is 0.220 e. The number of carbonyl (C=O) groups is 1. The predicted molar refractivity (Wildman–Crippen MR) is 69.9 cm³/mol. The number of nitrogens with two attached hydrogens (primary N) is 1. The van der Waals surface area contributed by atoms with Crippen LogP contribution in [0.25, 0.3) is 0 Å². The van der Waals surface area contributed by atoms with E-state index < -0.39 is 0 Å². The molecule has 0 saturated heterocycles. The number of nitrogens with zero attached hydrogens (tertiary/aromatic N) is 2. The van der Waals surface area contributed by atoms with E-state index in [-0.39, 0.29) is 17.9 Å². The summed E-state index contributed by atoms with van der Waals surface area (Å²) >= 11 is 0. The number of fused-ring (bicyclic) bond motifs is 1. The van der Waals surface area contributed by atoms with Gasteiger partial charge in [0, 0.05) is 24.7 Å². The topological polar surface area (TPSA) is 72.9 Å². The number of hydrogen-bond donors (Lipinski definition) is 2. The van der Waals surface area contributed by atoms with Gasteiger partial charge >= 0.3 is 0 Å². The van der Waals surface area contributed by atoms with Crippen molar-refractivity contribution in [1.82, 2.24) is 15.1 Å². The second-order valence-corrected chi connectivity index (χ2v) is 5.23. The van der Waals surface area contributed by atoms with Gasteiger partial charge in [0.15, 0.2) is 0 Å². The van der Waals surface area contributed by atoms with Gasteiger partial charge in [0.2, 0.25) is 5.91 Å². The Balaban J connectivity index is 2.01. The van der Waals surface area contributed by atoms with Crippen molar-refractivity contribution < 1.29 is 4.79 Å². The molecule has 1 aliphatic rings. The number of nitrogens with one attached hydrogen (secondary N) is 1. The highest BCUT2D eigenvalue weighted by molar-refractivity contribution is 5.76. The molecular formula is C13H22N4O. The molecule has 5 nitrogen and oxygen atoms in total. The van der Waals surface area contributed by atoms with E-state index in [0.29, 0.717) is 13.0 Å². The predicted octanol–water partition coefficient (Wildman–Crippen LogP) is 0.899. The molecule has 0 bridgehead atoms. The molecule has 0 fully saturated rings. The van der Waals surface area contributed by atoms with E-state index in [1.807, 2.05) is 24.9 Å². The fourth-order valence-electron chi connectivity index (χ4n) is 2.51. The highest BCUT2D eigenvalue weighted by Gasteiger charge is 2.24. The average Bonchev–Trinajstić information content (AvgIpc) is 2.72. The average molecular weight is 250 g/mol. The SMILES string of the molecule is CC(CN)CC(=O)NC1CCCc2c1cnn2C. The minimum atomic E-state index is 0.0923. The van der Waals surface area contributed by atoms with Crippen LogP contribution in [0.1, 0.15) is 43.5 Å². The van der Waals surface area contributed by atoms with Gasteiger partial charge in [-0.05, 0) is 31.7 Å². The van der Waals surface area contributed by atoms with Crippen molar-refractivity contribution in [3.8, 4) is 0 Å². The van der Waals surface area contributed by atoms with Gasteiger partial charge in [0.25, 0.3) is 0 Å². The maximum Gasteiger partial charge on any atom is 0.220 e. The molecule has 1 aromatic heterocycles. The Labute approximate surface area is 108 Å². The zero-order chi connectivity index (χ0) is 13.1. The second-order valence-electron chi connectivity index (χ2n) is 5.23. The number of carbonyl (C=O) groups excluding carboxylic acids is 1. The number of aryl methyl sites for hydroxylation is 1. The minimum Gasteiger partial charge on any atom is -0.349 e. The van der Waals surface area contributed by atoms with Crippen molar-refractivity contribution in [2.75, 3.05) is 6.54 Å². The number of aromatic nitrogens is 2. The summed E-state index contributed by atoms with van der Waals surface area (Å²) in [6.07, 6.45) is 5.54. The molecule has 1 aliphatic carbocycles. The van der Waals surface area contributed by atoms with Crippen LogP contribution in [0.15, 0.2) is 6.20 Å². The van der Waals surface area contributed by atoms with Crippen molar-refractivity contribution in [1.29, 1.82) is 0 Å². The molecule has 2 unspecified atom stereocenters. The van der Waals surface area contributed by atoms with Crippen LogP contribution in [0.3, 0.4) is 0 Å². The van der Waals surface area contributed by atoms with Crippen LogP contribution < -0.4 is 11.1 Å². The van der Waals surface area contributed by atoms with Crippen LogP contribution in [-0.2, 0) is 18.3 Å². The van der Waals surface area contributed by atoms with Crippen LogP contribution in [0.2, 0.25) is 0 Å². The van der Waals surface area contributed by atoms with Crippen LogP contribution in [-0.4, -0.2) is 22.2 Å². The Kier molecular flexibility index (Phi) is 4.01.